The lowest BCUT2D eigenvalue weighted by Crippen LogP contribution is -2.49. The molecule has 2 saturated carbocycles. The van der Waals surface area contributed by atoms with Gasteiger partial charge in [-0.25, -0.2) is 0 Å². The van der Waals surface area contributed by atoms with Crippen molar-refractivity contribution in [3.63, 3.8) is 0 Å². The third-order valence-electron chi connectivity index (χ3n) is 9.45. The Morgan fingerprint density at radius 3 is 2.42 bits per heavy atom. The van der Waals surface area contributed by atoms with Gasteiger partial charge in [-0.3, -0.25) is 9.59 Å². The van der Waals surface area contributed by atoms with E-state index >= 15 is 0 Å². The summed E-state index contributed by atoms with van der Waals surface area (Å²) >= 11 is 0. The Bertz CT molecular complexity index is 973. The van der Waals surface area contributed by atoms with Gasteiger partial charge >= 0.3 is 5.97 Å². The molecule has 0 bridgehead atoms. The highest BCUT2D eigenvalue weighted by molar-refractivity contribution is 5.98. The molecule has 0 aromatic heterocycles. The number of allylic oxidation sites excluding steroid dienone is 3. The number of phenols is 1. The predicted octanol–water partition coefficient (Wildman–Crippen LogP) is 5.63. The maximum Gasteiger partial charge on any atom is 0.310 e. The molecule has 2 N–H and O–H groups in total. The summed E-state index contributed by atoms with van der Waals surface area (Å²) in [6.07, 6.45) is 12.3. The summed E-state index contributed by atoms with van der Waals surface area (Å²) in [6, 6.07) is 6.70. The van der Waals surface area contributed by atoms with Gasteiger partial charge in [0.25, 0.3) is 0 Å². The van der Waals surface area contributed by atoms with Crippen molar-refractivity contribution in [1.29, 1.82) is 0 Å². The van der Waals surface area contributed by atoms with Crippen LogP contribution in [0.15, 0.2) is 48.1 Å². The highest BCUT2D eigenvalue weighted by Gasteiger charge is 2.59. The van der Waals surface area contributed by atoms with Crippen molar-refractivity contribution in [3.8, 4) is 5.75 Å². The van der Waals surface area contributed by atoms with Gasteiger partial charge in [-0.1, -0.05) is 32.1 Å². The van der Waals surface area contributed by atoms with E-state index in [1.165, 1.54) is 5.57 Å². The third kappa shape index (κ3) is 3.01. The Balaban J connectivity index is 1.44. The topological polar surface area (TPSA) is 74.6 Å². The van der Waals surface area contributed by atoms with Crippen LogP contribution < -0.4 is 0 Å². The summed E-state index contributed by atoms with van der Waals surface area (Å²) < 4.78 is 0. The summed E-state index contributed by atoms with van der Waals surface area (Å²) in [4.78, 5) is 24.9. The minimum absolute atomic E-state index is 0.00365. The summed E-state index contributed by atoms with van der Waals surface area (Å²) in [6.45, 7) is 4.67. The summed E-state index contributed by atoms with van der Waals surface area (Å²) in [5.74, 6) is 0.836. The Kier molecular flexibility index (Phi) is 4.69. The molecule has 4 aliphatic rings. The maximum absolute atomic E-state index is 13.4. The molecule has 1 unspecified atom stereocenters. The minimum atomic E-state index is -0.715. The number of carbonyl (C=O) groups excluding carboxylic acids is 1. The van der Waals surface area contributed by atoms with Gasteiger partial charge in [0.2, 0.25) is 0 Å². The van der Waals surface area contributed by atoms with Crippen LogP contribution in [0, 0.1) is 40.4 Å². The number of aromatic hydroxyl groups is 1. The van der Waals surface area contributed by atoms with Gasteiger partial charge in [0.05, 0.1) is 5.92 Å². The number of ketones is 1. The molecule has 0 aliphatic heterocycles. The van der Waals surface area contributed by atoms with E-state index in [4.69, 9.17) is 0 Å². The largest absolute Gasteiger partial charge is 0.508 e. The second-order valence-corrected chi connectivity index (χ2v) is 10.8. The van der Waals surface area contributed by atoms with Crippen LogP contribution in [0.5, 0.6) is 5.75 Å². The smallest absolute Gasteiger partial charge is 0.310 e. The Hall–Kier alpha value is -2.36. The third-order valence-corrected chi connectivity index (χ3v) is 9.45. The van der Waals surface area contributed by atoms with Crippen molar-refractivity contribution < 1.29 is 19.8 Å². The van der Waals surface area contributed by atoms with Crippen molar-refractivity contribution >= 4 is 11.8 Å². The molecule has 0 heterocycles. The molecule has 4 aliphatic carbocycles. The Morgan fingerprint density at radius 1 is 0.968 bits per heavy atom. The predicted molar refractivity (Wildman–Crippen MR) is 119 cm³/mol. The maximum atomic E-state index is 13.4. The van der Waals surface area contributed by atoms with E-state index in [1.807, 2.05) is 6.08 Å². The first-order valence-electron chi connectivity index (χ1n) is 11.7. The van der Waals surface area contributed by atoms with E-state index in [9.17, 15) is 19.8 Å². The van der Waals surface area contributed by atoms with Crippen molar-refractivity contribution in [2.45, 2.75) is 52.4 Å². The van der Waals surface area contributed by atoms with Crippen LogP contribution >= 0.6 is 0 Å². The molecule has 31 heavy (non-hydrogen) atoms. The molecular weight excluding hydrogens is 388 g/mol. The van der Waals surface area contributed by atoms with Crippen LogP contribution in [0.2, 0.25) is 0 Å². The van der Waals surface area contributed by atoms with Crippen molar-refractivity contribution in [2.24, 2.45) is 40.4 Å². The lowest BCUT2D eigenvalue weighted by Gasteiger charge is -2.56. The van der Waals surface area contributed by atoms with Gasteiger partial charge in [-0.15, -0.1) is 0 Å². The number of carbonyl (C=O) groups is 2. The highest BCUT2D eigenvalue weighted by atomic mass is 16.4. The normalized spacial score (nSPS) is 41.0. The fraction of sp³-hybridized carbons (Fsp3) is 0.556. The first-order valence-corrected chi connectivity index (χ1v) is 11.7. The molecule has 4 nitrogen and oxygen atoms in total. The quantitative estimate of drug-likeness (QED) is 0.622. The second kappa shape index (κ2) is 7.08. The molecule has 1 aromatic rings. The standard InChI is InChI=1S/C27H32O4/c1-26-13-11-17(25(30)31)15-18(26)5-8-20-21-9-10-23(27(21,2)14-12-22(20)26)24(29)16-3-6-19(28)7-4-16/h3-8,15,17,20-23,28H,9-14H2,1-2H3,(H,30,31)/t17?,20-,21-,22-,23+,26-,27-/m0/s1. The van der Waals surface area contributed by atoms with Crippen LogP contribution in [0.1, 0.15) is 62.7 Å². The van der Waals surface area contributed by atoms with Crippen LogP contribution in [0.4, 0.5) is 0 Å². The fourth-order valence-electron chi connectivity index (χ4n) is 7.61. The van der Waals surface area contributed by atoms with E-state index in [0.29, 0.717) is 23.3 Å². The van der Waals surface area contributed by atoms with Crippen LogP contribution in [0.25, 0.3) is 0 Å². The zero-order valence-electron chi connectivity index (χ0n) is 18.4. The zero-order chi connectivity index (χ0) is 22.0. The lowest BCUT2D eigenvalue weighted by atomic mass is 9.48. The summed E-state index contributed by atoms with van der Waals surface area (Å²) in [5, 5.41) is 19.1. The van der Waals surface area contributed by atoms with Gasteiger partial charge in [0, 0.05) is 11.5 Å². The molecule has 0 spiro atoms. The van der Waals surface area contributed by atoms with Gasteiger partial charge < -0.3 is 10.2 Å². The molecule has 5 rings (SSSR count). The monoisotopic (exact) mass is 420 g/mol. The molecule has 1 aromatic carbocycles. The van der Waals surface area contributed by atoms with E-state index in [2.05, 4.69) is 26.0 Å². The molecular formula is C27H32O4. The first kappa shape index (κ1) is 20.5. The van der Waals surface area contributed by atoms with Gasteiger partial charge in [0.1, 0.15) is 5.75 Å². The number of rotatable bonds is 3. The number of benzene rings is 1. The number of fused-ring (bicyclic) bond motifs is 5. The number of aliphatic carboxylic acids is 1. The average Bonchev–Trinajstić information content (AvgIpc) is 3.10. The summed E-state index contributed by atoms with van der Waals surface area (Å²) in [7, 11) is 0. The Morgan fingerprint density at radius 2 is 1.71 bits per heavy atom. The molecule has 7 atom stereocenters. The van der Waals surface area contributed by atoms with Crippen LogP contribution in [-0.4, -0.2) is 22.0 Å². The fourth-order valence-corrected chi connectivity index (χ4v) is 7.61. The Labute approximate surface area is 184 Å². The van der Waals surface area contributed by atoms with E-state index in [-0.39, 0.29) is 34.2 Å². The number of Topliss-reactive ketones (excluding diaryl/α,β-unsaturated/α-hetero) is 1. The molecule has 164 valence electrons. The second-order valence-electron chi connectivity index (χ2n) is 10.8. The molecule has 0 radical (unpaired) electrons. The molecule has 0 amide bonds. The highest BCUT2D eigenvalue weighted by Crippen LogP contribution is 2.65. The van der Waals surface area contributed by atoms with Crippen LogP contribution in [0.3, 0.4) is 0 Å². The van der Waals surface area contributed by atoms with Gasteiger partial charge in [0.15, 0.2) is 5.78 Å². The van der Waals surface area contributed by atoms with E-state index < -0.39 is 5.97 Å². The van der Waals surface area contributed by atoms with Crippen LogP contribution in [-0.2, 0) is 4.79 Å². The SMILES string of the molecule is C[C@]12CC[C@H]3[C@@H](C=CC4=CC(C(=O)O)CC[C@@]43C)[C@@H]1CC[C@@H]2C(=O)c1ccc(O)cc1. The van der Waals surface area contributed by atoms with Crippen molar-refractivity contribution in [1.82, 2.24) is 0 Å². The number of carboxylic acids is 1. The molecule has 0 saturated heterocycles. The van der Waals surface area contributed by atoms with Gasteiger partial charge in [-0.05, 0) is 96.9 Å². The first-order chi connectivity index (χ1) is 14.7. The lowest BCUT2D eigenvalue weighted by molar-refractivity contribution is -0.140. The molecule has 2 fully saturated rings. The number of carboxylic acid groups (broad SMARTS) is 1. The van der Waals surface area contributed by atoms with E-state index in [0.717, 1.165) is 38.5 Å². The number of hydrogen-bond donors (Lipinski definition) is 2. The number of hydrogen-bond acceptors (Lipinski definition) is 3. The molecule has 4 heteroatoms. The van der Waals surface area contributed by atoms with Crippen molar-refractivity contribution in [3.05, 3.63) is 53.6 Å². The van der Waals surface area contributed by atoms with E-state index in [1.54, 1.807) is 24.3 Å². The van der Waals surface area contributed by atoms with Gasteiger partial charge in [-0.2, -0.15) is 0 Å². The van der Waals surface area contributed by atoms with Crippen molar-refractivity contribution in [2.75, 3.05) is 0 Å². The summed E-state index contributed by atoms with van der Waals surface area (Å²) in [5.41, 5.74) is 1.96. The number of phenolic OH excluding ortho intramolecular Hbond substituents is 1. The minimum Gasteiger partial charge on any atom is -0.508 e. The zero-order valence-corrected chi connectivity index (χ0v) is 18.4. The average molecular weight is 421 g/mol.